The summed E-state index contributed by atoms with van der Waals surface area (Å²) >= 11 is 0. The highest BCUT2D eigenvalue weighted by Crippen LogP contribution is 2.18. The zero-order chi connectivity index (χ0) is 13.1. The SMILES string of the molecule is O=c1cc(-c2ccc(NCc3cnco3)cc2)[nH][nH]1. The molecular formula is C13H12N4O2. The number of anilines is 1. The van der Waals surface area contributed by atoms with Crippen LogP contribution in [0.2, 0.25) is 0 Å². The van der Waals surface area contributed by atoms with E-state index in [0.29, 0.717) is 6.54 Å². The number of aromatic nitrogens is 3. The number of H-pyrrole nitrogens is 2. The minimum absolute atomic E-state index is 0.137. The third-order valence-corrected chi connectivity index (χ3v) is 2.74. The summed E-state index contributed by atoms with van der Waals surface area (Å²) in [5.41, 5.74) is 2.55. The largest absolute Gasteiger partial charge is 0.447 e. The second-order valence-electron chi connectivity index (χ2n) is 4.07. The van der Waals surface area contributed by atoms with Crippen molar-refractivity contribution in [3.05, 3.63) is 59.0 Å². The maximum atomic E-state index is 11.0. The molecule has 6 nitrogen and oxygen atoms in total. The zero-order valence-corrected chi connectivity index (χ0v) is 10.0. The average molecular weight is 256 g/mol. The van der Waals surface area contributed by atoms with Crippen molar-refractivity contribution in [2.45, 2.75) is 6.54 Å². The Bertz CT molecular complexity index is 695. The van der Waals surface area contributed by atoms with Gasteiger partial charge in [0.1, 0.15) is 5.76 Å². The fraction of sp³-hybridized carbons (Fsp3) is 0.0769. The molecule has 96 valence electrons. The van der Waals surface area contributed by atoms with Crippen molar-refractivity contribution < 1.29 is 4.42 Å². The Labute approximate surface area is 108 Å². The van der Waals surface area contributed by atoms with Gasteiger partial charge in [-0.05, 0) is 17.7 Å². The molecule has 0 unspecified atom stereocenters. The molecule has 6 heteroatoms. The predicted octanol–water partition coefficient (Wildman–Crippen LogP) is 1.97. The molecule has 2 heterocycles. The van der Waals surface area contributed by atoms with E-state index in [4.69, 9.17) is 4.42 Å². The van der Waals surface area contributed by atoms with Crippen molar-refractivity contribution in [2.24, 2.45) is 0 Å². The van der Waals surface area contributed by atoms with Gasteiger partial charge in [-0.1, -0.05) is 12.1 Å². The van der Waals surface area contributed by atoms with E-state index in [1.807, 2.05) is 24.3 Å². The summed E-state index contributed by atoms with van der Waals surface area (Å²) < 4.78 is 5.13. The molecule has 3 rings (SSSR count). The first-order valence-electron chi connectivity index (χ1n) is 5.80. The lowest BCUT2D eigenvalue weighted by molar-refractivity contribution is 0.512. The molecule has 0 atom stereocenters. The van der Waals surface area contributed by atoms with Gasteiger partial charge in [-0.2, -0.15) is 0 Å². The van der Waals surface area contributed by atoms with Crippen molar-refractivity contribution in [3.63, 3.8) is 0 Å². The van der Waals surface area contributed by atoms with Gasteiger partial charge in [0.15, 0.2) is 6.39 Å². The smallest absolute Gasteiger partial charge is 0.264 e. The van der Waals surface area contributed by atoms with Crippen molar-refractivity contribution in [1.82, 2.24) is 15.2 Å². The predicted molar refractivity (Wildman–Crippen MR) is 70.7 cm³/mol. The van der Waals surface area contributed by atoms with Crippen LogP contribution in [0.15, 0.2) is 52.1 Å². The number of rotatable bonds is 4. The standard InChI is InChI=1S/C13H12N4O2/c18-13-5-12(16-17-13)9-1-3-10(4-2-9)15-7-11-6-14-8-19-11/h1-6,8,15H,7H2,(H2,16,17,18). The Balaban J connectivity index is 1.70. The Morgan fingerprint density at radius 2 is 2.05 bits per heavy atom. The highest BCUT2D eigenvalue weighted by Gasteiger charge is 2.01. The zero-order valence-electron chi connectivity index (χ0n) is 10.0. The van der Waals surface area contributed by atoms with Gasteiger partial charge in [-0.3, -0.25) is 15.0 Å². The highest BCUT2D eigenvalue weighted by atomic mass is 16.3. The van der Waals surface area contributed by atoms with E-state index in [9.17, 15) is 4.79 Å². The lowest BCUT2D eigenvalue weighted by Crippen LogP contribution is -1.97. The molecule has 0 spiro atoms. The van der Waals surface area contributed by atoms with Gasteiger partial charge in [0.2, 0.25) is 0 Å². The maximum Gasteiger partial charge on any atom is 0.264 e. The monoisotopic (exact) mass is 256 g/mol. The van der Waals surface area contributed by atoms with E-state index in [0.717, 1.165) is 22.7 Å². The first kappa shape index (κ1) is 11.3. The van der Waals surface area contributed by atoms with E-state index in [2.05, 4.69) is 20.5 Å². The third-order valence-electron chi connectivity index (χ3n) is 2.74. The van der Waals surface area contributed by atoms with Crippen LogP contribution in [-0.2, 0) is 6.54 Å². The number of nitrogens with zero attached hydrogens (tertiary/aromatic N) is 1. The summed E-state index contributed by atoms with van der Waals surface area (Å²) in [5.74, 6) is 0.777. The Morgan fingerprint density at radius 3 is 2.68 bits per heavy atom. The molecule has 2 aromatic heterocycles. The molecule has 0 fully saturated rings. The van der Waals surface area contributed by atoms with Crippen LogP contribution in [0.4, 0.5) is 5.69 Å². The van der Waals surface area contributed by atoms with Crippen LogP contribution in [0, 0.1) is 0 Å². The Kier molecular flexibility index (Phi) is 2.89. The molecule has 0 aliphatic carbocycles. The quantitative estimate of drug-likeness (QED) is 0.666. The molecule has 0 radical (unpaired) electrons. The number of aromatic amines is 2. The van der Waals surface area contributed by atoms with Crippen molar-refractivity contribution in [3.8, 4) is 11.3 Å². The minimum Gasteiger partial charge on any atom is -0.447 e. The topological polar surface area (TPSA) is 86.7 Å². The van der Waals surface area contributed by atoms with Crippen LogP contribution in [0.3, 0.4) is 0 Å². The molecular weight excluding hydrogens is 244 g/mol. The molecule has 3 aromatic rings. The number of hydrogen-bond acceptors (Lipinski definition) is 4. The first-order chi connectivity index (χ1) is 9.31. The molecule has 1 aromatic carbocycles. The van der Waals surface area contributed by atoms with E-state index in [1.165, 1.54) is 12.5 Å². The molecule has 0 aliphatic heterocycles. The van der Waals surface area contributed by atoms with Gasteiger partial charge in [-0.15, -0.1) is 0 Å². The van der Waals surface area contributed by atoms with Gasteiger partial charge >= 0.3 is 0 Å². The summed E-state index contributed by atoms with van der Waals surface area (Å²) in [6.45, 7) is 0.584. The summed E-state index contributed by atoms with van der Waals surface area (Å²) in [5, 5.41) is 8.54. The van der Waals surface area contributed by atoms with Crippen LogP contribution in [0.1, 0.15) is 5.76 Å². The molecule has 0 saturated carbocycles. The van der Waals surface area contributed by atoms with Gasteiger partial charge < -0.3 is 9.73 Å². The van der Waals surface area contributed by atoms with Gasteiger partial charge in [0.05, 0.1) is 18.4 Å². The summed E-state index contributed by atoms with van der Waals surface area (Å²) in [7, 11) is 0. The van der Waals surface area contributed by atoms with Crippen molar-refractivity contribution in [2.75, 3.05) is 5.32 Å². The molecule has 19 heavy (non-hydrogen) atoms. The molecule has 3 N–H and O–H groups in total. The molecule has 0 bridgehead atoms. The van der Waals surface area contributed by atoms with Crippen LogP contribution in [0.25, 0.3) is 11.3 Å². The number of benzene rings is 1. The van der Waals surface area contributed by atoms with Crippen molar-refractivity contribution >= 4 is 5.69 Å². The maximum absolute atomic E-state index is 11.0. The molecule has 0 aliphatic rings. The third kappa shape index (κ3) is 2.57. The van der Waals surface area contributed by atoms with Crippen molar-refractivity contribution in [1.29, 1.82) is 0 Å². The lowest BCUT2D eigenvalue weighted by Gasteiger charge is -2.05. The summed E-state index contributed by atoms with van der Waals surface area (Å²) in [4.78, 5) is 14.9. The number of oxazole rings is 1. The fourth-order valence-corrected chi connectivity index (χ4v) is 1.77. The lowest BCUT2D eigenvalue weighted by atomic mass is 10.1. The van der Waals surface area contributed by atoms with E-state index >= 15 is 0 Å². The number of hydrogen-bond donors (Lipinski definition) is 3. The van der Waals surface area contributed by atoms with Gasteiger partial charge in [0.25, 0.3) is 5.56 Å². The van der Waals surface area contributed by atoms with E-state index < -0.39 is 0 Å². The van der Waals surface area contributed by atoms with Crippen LogP contribution in [0.5, 0.6) is 0 Å². The highest BCUT2D eigenvalue weighted by molar-refractivity contribution is 5.62. The minimum atomic E-state index is -0.137. The Hall–Kier alpha value is -2.76. The first-order valence-corrected chi connectivity index (χ1v) is 5.80. The van der Waals surface area contributed by atoms with E-state index in [-0.39, 0.29) is 5.56 Å². The van der Waals surface area contributed by atoms with Crippen LogP contribution < -0.4 is 10.9 Å². The average Bonchev–Trinajstić information content (AvgIpc) is 3.08. The van der Waals surface area contributed by atoms with E-state index in [1.54, 1.807) is 6.20 Å². The summed E-state index contributed by atoms with van der Waals surface area (Å²) in [6.07, 6.45) is 3.08. The van der Waals surface area contributed by atoms with Gasteiger partial charge in [0, 0.05) is 11.8 Å². The fourth-order valence-electron chi connectivity index (χ4n) is 1.77. The number of nitrogens with one attached hydrogen (secondary N) is 3. The molecule has 0 saturated heterocycles. The Morgan fingerprint density at radius 1 is 1.21 bits per heavy atom. The summed E-state index contributed by atoms with van der Waals surface area (Å²) in [6, 6.07) is 9.27. The normalized spacial score (nSPS) is 10.5. The second kappa shape index (κ2) is 4.85. The van der Waals surface area contributed by atoms with Crippen LogP contribution >= 0.6 is 0 Å². The van der Waals surface area contributed by atoms with Gasteiger partial charge in [-0.25, -0.2) is 4.98 Å². The second-order valence-corrected chi connectivity index (χ2v) is 4.07. The molecule has 0 amide bonds. The van der Waals surface area contributed by atoms with Crippen LogP contribution in [-0.4, -0.2) is 15.2 Å².